The Balaban J connectivity index is 2.18. The van der Waals surface area contributed by atoms with Crippen molar-refractivity contribution in [2.75, 3.05) is 13.1 Å². The Kier molecular flexibility index (Phi) is 3.97. The Hall–Kier alpha value is -1.00. The predicted octanol–water partition coefficient (Wildman–Crippen LogP) is 2.71. The highest BCUT2D eigenvalue weighted by atomic mass is 19.2. The van der Waals surface area contributed by atoms with Crippen LogP contribution >= 0.6 is 0 Å². The van der Waals surface area contributed by atoms with Crippen molar-refractivity contribution in [1.82, 2.24) is 10.2 Å². The van der Waals surface area contributed by atoms with E-state index in [1.165, 1.54) is 12.1 Å². The van der Waals surface area contributed by atoms with Gasteiger partial charge in [-0.1, -0.05) is 6.07 Å². The van der Waals surface area contributed by atoms with E-state index >= 15 is 0 Å². The van der Waals surface area contributed by atoms with Crippen LogP contribution in [0.15, 0.2) is 18.2 Å². The van der Waals surface area contributed by atoms with E-state index in [0.717, 1.165) is 18.7 Å². The van der Waals surface area contributed by atoms with Gasteiger partial charge in [0, 0.05) is 31.2 Å². The second-order valence-corrected chi connectivity index (χ2v) is 5.20. The largest absolute Gasteiger partial charge is 0.311 e. The summed E-state index contributed by atoms with van der Waals surface area (Å²) in [6.45, 7) is 8.17. The molecule has 1 aromatic carbocycles. The molecule has 18 heavy (non-hydrogen) atoms. The van der Waals surface area contributed by atoms with Gasteiger partial charge in [0.05, 0.1) is 0 Å². The van der Waals surface area contributed by atoms with Crippen LogP contribution in [0.25, 0.3) is 0 Å². The van der Waals surface area contributed by atoms with Gasteiger partial charge in [0.15, 0.2) is 11.6 Å². The van der Waals surface area contributed by atoms with Gasteiger partial charge in [0.25, 0.3) is 0 Å². The van der Waals surface area contributed by atoms with E-state index in [-0.39, 0.29) is 6.04 Å². The number of nitrogens with zero attached hydrogens (tertiary/aromatic N) is 1. The molecule has 1 aliphatic rings. The molecule has 1 saturated heterocycles. The minimum Gasteiger partial charge on any atom is -0.311 e. The molecule has 0 bridgehead atoms. The minimum atomic E-state index is -0.785. The SMILES string of the molecule is CC1CN(C(C)c2ccc(F)c(F)c2)C(C)CN1. The lowest BCUT2D eigenvalue weighted by atomic mass is 10.0. The molecular formula is C14H20F2N2. The Morgan fingerprint density at radius 2 is 2.00 bits per heavy atom. The van der Waals surface area contributed by atoms with Gasteiger partial charge in [0.1, 0.15) is 0 Å². The average Bonchev–Trinajstić information content (AvgIpc) is 2.35. The van der Waals surface area contributed by atoms with Crippen LogP contribution in [0.3, 0.4) is 0 Å². The number of benzene rings is 1. The Labute approximate surface area is 107 Å². The molecule has 0 saturated carbocycles. The summed E-state index contributed by atoms with van der Waals surface area (Å²) < 4.78 is 26.2. The van der Waals surface area contributed by atoms with E-state index in [1.807, 2.05) is 6.92 Å². The lowest BCUT2D eigenvalue weighted by molar-refractivity contribution is 0.103. The van der Waals surface area contributed by atoms with Crippen LogP contribution in [0, 0.1) is 11.6 Å². The fourth-order valence-electron chi connectivity index (χ4n) is 2.55. The third-order valence-corrected chi connectivity index (χ3v) is 3.74. The zero-order valence-corrected chi connectivity index (χ0v) is 11.1. The monoisotopic (exact) mass is 254 g/mol. The molecule has 1 fully saturated rings. The van der Waals surface area contributed by atoms with Crippen molar-refractivity contribution in [3.63, 3.8) is 0 Å². The van der Waals surface area contributed by atoms with Crippen molar-refractivity contribution in [1.29, 1.82) is 0 Å². The lowest BCUT2D eigenvalue weighted by Crippen LogP contribution is -2.54. The van der Waals surface area contributed by atoms with Gasteiger partial charge < -0.3 is 5.32 Å². The first-order valence-electron chi connectivity index (χ1n) is 6.43. The van der Waals surface area contributed by atoms with E-state index in [4.69, 9.17) is 0 Å². The molecule has 0 amide bonds. The summed E-state index contributed by atoms with van der Waals surface area (Å²) in [5.41, 5.74) is 0.829. The highest BCUT2D eigenvalue weighted by Gasteiger charge is 2.27. The molecule has 4 heteroatoms. The number of piperazine rings is 1. The maximum Gasteiger partial charge on any atom is 0.159 e. The molecule has 2 nitrogen and oxygen atoms in total. The Morgan fingerprint density at radius 1 is 1.28 bits per heavy atom. The van der Waals surface area contributed by atoms with Crippen molar-refractivity contribution < 1.29 is 8.78 Å². The summed E-state index contributed by atoms with van der Waals surface area (Å²) in [7, 11) is 0. The van der Waals surface area contributed by atoms with Crippen molar-refractivity contribution in [3.05, 3.63) is 35.4 Å². The maximum atomic E-state index is 13.3. The molecule has 1 N–H and O–H groups in total. The molecular weight excluding hydrogens is 234 g/mol. The van der Waals surface area contributed by atoms with Gasteiger partial charge in [-0.05, 0) is 38.5 Å². The highest BCUT2D eigenvalue weighted by Crippen LogP contribution is 2.25. The topological polar surface area (TPSA) is 15.3 Å². The highest BCUT2D eigenvalue weighted by molar-refractivity contribution is 5.21. The van der Waals surface area contributed by atoms with Crippen LogP contribution in [-0.4, -0.2) is 30.1 Å². The summed E-state index contributed by atoms with van der Waals surface area (Å²) >= 11 is 0. The quantitative estimate of drug-likeness (QED) is 0.873. The molecule has 0 spiro atoms. The minimum absolute atomic E-state index is 0.0969. The van der Waals surface area contributed by atoms with Crippen LogP contribution in [0.5, 0.6) is 0 Å². The molecule has 0 aromatic heterocycles. The molecule has 3 atom stereocenters. The maximum absolute atomic E-state index is 13.3. The van der Waals surface area contributed by atoms with Crippen molar-refractivity contribution in [2.45, 2.75) is 38.9 Å². The van der Waals surface area contributed by atoms with Crippen LogP contribution in [0.1, 0.15) is 32.4 Å². The molecule has 2 rings (SSSR count). The van der Waals surface area contributed by atoms with Gasteiger partial charge in [-0.2, -0.15) is 0 Å². The summed E-state index contributed by atoms with van der Waals surface area (Å²) in [4.78, 5) is 2.33. The number of halogens is 2. The first kappa shape index (κ1) is 13.4. The average molecular weight is 254 g/mol. The molecule has 1 aromatic rings. The summed E-state index contributed by atoms with van der Waals surface area (Å²) in [6.07, 6.45) is 0. The van der Waals surface area contributed by atoms with Crippen LogP contribution in [-0.2, 0) is 0 Å². The van der Waals surface area contributed by atoms with Crippen molar-refractivity contribution >= 4 is 0 Å². The summed E-state index contributed by atoms with van der Waals surface area (Å²) in [5.74, 6) is -1.55. The summed E-state index contributed by atoms with van der Waals surface area (Å²) in [5, 5.41) is 3.41. The van der Waals surface area contributed by atoms with Crippen LogP contribution in [0.2, 0.25) is 0 Å². The standard InChI is InChI=1S/C14H20F2N2/c1-9-8-18(10(2)7-17-9)11(3)12-4-5-13(15)14(16)6-12/h4-6,9-11,17H,7-8H2,1-3H3. The second-order valence-electron chi connectivity index (χ2n) is 5.20. The van der Waals surface area contributed by atoms with Crippen molar-refractivity contribution in [3.8, 4) is 0 Å². The smallest absolute Gasteiger partial charge is 0.159 e. The number of hydrogen-bond acceptors (Lipinski definition) is 2. The first-order valence-corrected chi connectivity index (χ1v) is 6.43. The van der Waals surface area contributed by atoms with Gasteiger partial charge in [-0.3, -0.25) is 4.90 Å². The van der Waals surface area contributed by atoms with Gasteiger partial charge in [-0.25, -0.2) is 8.78 Å². The Bertz CT molecular complexity index is 422. The Morgan fingerprint density at radius 3 is 2.67 bits per heavy atom. The van der Waals surface area contributed by atoms with Crippen LogP contribution < -0.4 is 5.32 Å². The van der Waals surface area contributed by atoms with E-state index in [2.05, 4.69) is 24.1 Å². The normalized spacial score (nSPS) is 27.2. The third kappa shape index (κ3) is 2.70. The predicted molar refractivity (Wildman–Crippen MR) is 68.4 cm³/mol. The number of nitrogens with one attached hydrogen (secondary N) is 1. The molecule has 0 radical (unpaired) electrons. The molecule has 100 valence electrons. The van der Waals surface area contributed by atoms with Crippen molar-refractivity contribution in [2.24, 2.45) is 0 Å². The first-order chi connectivity index (χ1) is 8.49. The molecule has 0 aliphatic carbocycles. The number of rotatable bonds is 2. The molecule has 3 unspecified atom stereocenters. The number of hydrogen-bond donors (Lipinski definition) is 1. The summed E-state index contributed by atoms with van der Waals surface area (Å²) in [6, 6.07) is 5.09. The van der Waals surface area contributed by atoms with Gasteiger partial charge >= 0.3 is 0 Å². The van der Waals surface area contributed by atoms with E-state index in [9.17, 15) is 8.78 Å². The lowest BCUT2D eigenvalue weighted by Gasteiger charge is -2.41. The van der Waals surface area contributed by atoms with Crippen LogP contribution in [0.4, 0.5) is 8.78 Å². The fraction of sp³-hybridized carbons (Fsp3) is 0.571. The fourth-order valence-corrected chi connectivity index (χ4v) is 2.55. The zero-order valence-electron chi connectivity index (χ0n) is 11.1. The second kappa shape index (κ2) is 5.33. The van der Waals surface area contributed by atoms with Gasteiger partial charge in [-0.15, -0.1) is 0 Å². The zero-order chi connectivity index (χ0) is 13.3. The van der Waals surface area contributed by atoms with Gasteiger partial charge in [0.2, 0.25) is 0 Å². The molecule has 1 heterocycles. The third-order valence-electron chi connectivity index (χ3n) is 3.74. The van der Waals surface area contributed by atoms with E-state index in [0.29, 0.717) is 12.1 Å². The molecule has 1 aliphatic heterocycles. The van der Waals surface area contributed by atoms with E-state index in [1.54, 1.807) is 6.07 Å². The van der Waals surface area contributed by atoms with E-state index < -0.39 is 11.6 Å².